The Morgan fingerprint density at radius 1 is 1.12 bits per heavy atom. The van der Waals surface area contributed by atoms with E-state index < -0.39 is 6.04 Å². The van der Waals surface area contributed by atoms with Crippen LogP contribution in [0, 0.1) is 6.92 Å². The Kier molecular flexibility index (Phi) is 3.97. The first kappa shape index (κ1) is 15.4. The van der Waals surface area contributed by atoms with Gasteiger partial charge in [-0.05, 0) is 35.0 Å². The van der Waals surface area contributed by atoms with Gasteiger partial charge in [0.05, 0.1) is 0 Å². The van der Waals surface area contributed by atoms with E-state index in [4.69, 9.17) is 0 Å². The second-order valence-electron chi connectivity index (χ2n) is 6.18. The van der Waals surface area contributed by atoms with Crippen LogP contribution in [0.25, 0.3) is 0 Å². The number of pyridine rings is 1. The Bertz CT molecular complexity index is 858. The van der Waals surface area contributed by atoms with E-state index in [9.17, 15) is 4.79 Å². The molecule has 0 aliphatic carbocycles. The molecule has 1 aliphatic rings. The summed E-state index contributed by atoms with van der Waals surface area (Å²) in [7, 11) is 0. The molecule has 7 heteroatoms. The molecule has 1 fully saturated rings. The second kappa shape index (κ2) is 6.43. The highest BCUT2D eigenvalue weighted by Gasteiger charge is 2.38. The third-order valence-electron chi connectivity index (χ3n) is 4.55. The molecule has 1 atom stereocenters. The van der Waals surface area contributed by atoms with Gasteiger partial charge in [0, 0.05) is 30.9 Å². The SMILES string of the molecule is Cc1nnnn1[C@@H](C(=O)N1CC(c2ccccn2)C1)c1ccccc1. The van der Waals surface area contributed by atoms with E-state index in [1.54, 1.807) is 17.8 Å². The summed E-state index contributed by atoms with van der Waals surface area (Å²) in [5.74, 6) is 0.911. The largest absolute Gasteiger partial charge is 0.339 e. The molecule has 0 bridgehead atoms. The lowest BCUT2D eigenvalue weighted by Gasteiger charge is -2.40. The van der Waals surface area contributed by atoms with Gasteiger partial charge in [-0.15, -0.1) is 5.10 Å². The Hall–Kier alpha value is -3.09. The van der Waals surface area contributed by atoms with Crippen molar-refractivity contribution >= 4 is 5.91 Å². The molecular formula is C18H18N6O. The number of carbonyl (C=O) groups excluding carboxylic acids is 1. The monoisotopic (exact) mass is 334 g/mol. The molecule has 0 radical (unpaired) electrons. The predicted octanol–water partition coefficient (Wildman–Crippen LogP) is 1.59. The van der Waals surface area contributed by atoms with Crippen LogP contribution in [0.3, 0.4) is 0 Å². The summed E-state index contributed by atoms with van der Waals surface area (Å²) in [6.07, 6.45) is 1.79. The maximum atomic E-state index is 13.1. The minimum Gasteiger partial charge on any atom is -0.339 e. The summed E-state index contributed by atoms with van der Waals surface area (Å²) in [6, 6.07) is 15.0. The first-order valence-electron chi connectivity index (χ1n) is 8.23. The van der Waals surface area contributed by atoms with Crippen LogP contribution in [-0.2, 0) is 4.79 Å². The van der Waals surface area contributed by atoms with Crippen LogP contribution in [-0.4, -0.2) is 49.1 Å². The molecule has 126 valence electrons. The number of tetrazole rings is 1. The van der Waals surface area contributed by atoms with E-state index in [-0.39, 0.29) is 11.8 Å². The van der Waals surface area contributed by atoms with Crippen molar-refractivity contribution < 1.29 is 4.79 Å². The normalized spacial score (nSPS) is 15.6. The highest BCUT2D eigenvalue weighted by atomic mass is 16.2. The molecule has 2 aromatic heterocycles. The molecule has 0 N–H and O–H groups in total. The molecule has 0 spiro atoms. The zero-order chi connectivity index (χ0) is 17.2. The lowest BCUT2D eigenvalue weighted by atomic mass is 9.93. The number of aryl methyl sites for hydroxylation is 1. The van der Waals surface area contributed by atoms with Gasteiger partial charge in [0.1, 0.15) is 5.82 Å². The van der Waals surface area contributed by atoms with Crippen molar-refractivity contribution in [2.45, 2.75) is 18.9 Å². The van der Waals surface area contributed by atoms with E-state index in [1.807, 2.05) is 53.4 Å². The van der Waals surface area contributed by atoms with E-state index in [0.29, 0.717) is 18.9 Å². The number of hydrogen-bond acceptors (Lipinski definition) is 5. The van der Waals surface area contributed by atoms with Crippen molar-refractivity contribution in [1.82, 2.24) is 30.1 Å². The maximum absolute atomic E-state index is 13.1. The van der Waals surface area contributed by atoms with Gasteiger partial charge in [-0.3, -0.25) is 9.78 Å². The second-order valence-corrected chi connectivity index (χ2v) is 6.18. The van der Waals surface area contributed by atoms with Crippen LogP contribution in [0.1, 0.15) is 29.0 Å². The number of benzene rings is 1. The minimum absolute atomic E-state index is 0.00813. The predicted molar refractivity (Wildman–Crippen MR) is 90.7 cm³/mol. The van der Waals surface area contributed by atoms with Crippen LogP contribution in [0.5, 0.6) is 0 Å². The van der Waals surface area contributed by atoms with Crippen molar-refractivity contribution in [1.29, 1.82) is 0 Å². The fourth-order valence-electron chi connectivity index (χ4n) is 3.14. The number of amides is 1. The molecule has 3 aromatic rings. The van der Waals surface area contributed by atoms with Crippen LogP contribution in [0.2, 0.25) is 0 Å². The topological polar surface area (TPSA) is 76.8 Å². The number of nitrogens with zero attached hydrogens (tertiary/aromatic N) is 6. The van der Waals surface area contributed by atoms with Crippen molar-refractivity contribution in [3.63, 3.8) is 0 Å². The van der Waals surface area contributed by atoms with Gasteiger partial charge in [-0.25, -0.2) is 4.68 Å². The van der Waals surface area contributed by atoms with E-state index in [2.05, 4.69) is 20.5 Å². The van der Waals surface area contributed by atoms with Gasteiger partial charge in [-0.2, -0.15) is 0 Å². The summed E-state index contributed by atoms with van der Waals surface area (Å²) in [5, 5.41) is 11.7. The number of carbonyl (C=O) groups is 1. The lowest BCUT2D eigenvalue weighted by Crippen LogP contribution is -2.51. The van der Waals surface area contributed by atoms with Crippen molar-refractivity contribution in [2.24, 2.45) is 0 Å². The molecule has 1 saturated heterocycles. The first-order chi connectivity index (χ1) is 12.2. The van der Waals surface area contributed by atoms with Gasteiger partial charge in [0.25, 0.3) is 5.91 Å². The van der Waals surface area contributed by atoms with Crippen molar-refractivity contribution in [3.05, 3.63) is 71.8 Å². The lowest BCUT2D eigenvalue weighted by molar-refractivity contribution is -0.138. The quantitative estimate of drug-likeness (QED) is 0.724. The minimum atomic E-state index is -0.541. The zero-order valence-corrected chi connectivity index (χ0v) is 13.9. The Morgan fingerprint density at radius 3 is 2.52 bits per heavy atom. The number of aromatic nitrogens is 5. The van der Waals surface area contributed by atoms with E-state index >= 15 is 0 Å². The molecule has 1 aliphatic heterocycles. The van der Waals surface area contributed by atoms with Crippen LogP contribution < -0.4 is 0 Å². The molecular weight excluding hydrogens is 316 g/mol. The van der Waals surface area contributed by atoms with Gasteiger partial charge in [0.2, 0.25) is 0 Å². The summed E-state index contributed by atoms with van der Waals surface area (Å²) in [5.41, 5.74) is 1.91. The Morgan fingerprint density at radius 2 is 1.88 bits per heavy atom. The standard InChI is InChI=1S/C18H18N6O/c1-13-20-21-22-24(13)17(14-7-3-2-4-8-14)18(25)23-11-15(12-23)16-9-5-6-10-19-16/h2-10,15,17H,11-12H2,1H3/t17-/m1/s1. The van der Waals surface area contributed by atoms with Gasteiger partial charge in [-0.1, -0.05) is 36.4 Å². The third kappa shape index (κ3) is 2.88. The number of hydrogen-bond donors (Lipinski definition) is 0. The van der Waals surface area contributed by atoms with Crippen molar-refractivity contribution in [2.75, 3.05) is 13.1 Å². The Balaban J connectivity index is 1.57. The van der Waals surface area contributed by atoms with Crippen LogP contribution >= 0.6 is 0 Å². The van der Waals surface area contributed by atoms with E-state index in [1.165, 1.54) is 0 Å². The zero-order valence-electron chi connectivity index (χ0n) is 13.9. The molecule has 0 unspecified atom stereocenters. The average molecular weight is 334 g/mol. The Labute approximate surface area is 145 Å². The van der Waals surface area contributed by atoms with Crippen LogP contribution in [0.4, 0.5) is 0 Å². The molecule has 4 rings (SSSR count). The van der Waals surface area contributed by atoms with E-state index in [0.717, 1.165) is 11.3 Å². The molecule has 25 heavy (non-hydrogen) atoms. The highest BCUT2D eigenvalue weighted by molar-refractivity contribution is 5.84. The number of likely N-dealkylation sites (tertiary alicyclic amines) is 1. The fourth-order valence-corrected chi connectivity index (χ4v) is 3.14. The smallest absolute Gasteiger partial charge is 0.252 e. The molecule has 1 amide bonds. The summed E-state index contributed by atoms with van der Waals surface area (Å²) in [6.45, 7) is 3.14. The molecule has 3 heterocycles. The average Bonchev–Trinajstić information content (AvgIpc) is 3.02. The summed E-state index contributed by atoms with van der Waals surface area (Å²) < 4.78 is 1.59. The first-order valence-corrected chi connectivity index (χ1v) is 8.23. The number of rotatable bonds is 4. The summed E-state index contributed by atoms with van der Waals surface area (Å²) in [4.78, 5) is 19.4. The van der Waals surface area contributed by atoms with Gasteiger partial charge < -0.3 is 4.90 Å². The molecule has 7 nitrogen and oxygen atoms in total. The highest BCUT2D eigenvalue weighted by Crippen LogP contribution is 2.30. The summed E-state index contributed by atoms with van der Waals surface area (Å²) >= 11 is 0. The maximum Gasteiger partial charge on any atom is 0.252 e. The van der Waals surface area contributed by atoms with Gasteiger partial charge >= 0.3 is 0 Å². The molecule has 0 saturated carbocycles. The van der Waals surface area contributed by atoms with Crippen molar-refractivity contribution in [3.8, 4) is 0 Å². The molecule has 1 aromatic carbocycles. The third-order valence-corrected chi connectivity index (χ3v) is 4.55. The van der Waals surface area contributed by atoms with Gasteiger partial charge in [0.15, 0.2) is 6.04 Å². The van der Waals surface area contributed by atoms with Crippen LogP contribution in [0.15, 0.2) is 54.7 Å². The fraction of sp³-hybridized carbons (Fsp3) is 0.278.